The maximum Gasteiger partial charge on any atom is 0.230 e. The molecule has 3 nitrogen and oxygen atoms in total. The molecule has 3 rings (SSSR count). The van der Waals surface area contributed by atoms with E-state index in [-0.39, 0.29) is 21.9 Å². The zero-order valence-electron chi connectivity index (χ0n) is 16.1. The van der Waals surface area contributed by atoms with Gasteiger partial charge in [0.1, 0.15) is 0 Å². The molecule has 0 aromatic heterocycles. The summed E-state index contributed by atoms with van der Waals surface area (Å²) in [6.07, 6.45) is 10.8. The van der Waals surface area contributed by atoms with Crippen LogP contribution in [-0.2, 0) is 9.59 Å². The van der Waals surface area contributed by atoms with Gasteiger partial charge in [-0.1, -0.05) is 64.5 Å². The summed E-state index contributed by atoms with van der Waals surface area (Å²) >= 11 is 1.31. The fourth-order valence-corrected chi connectivity index (χ4v) is 5.28. The van der Waals surface area contributed by atoms with Gasteiger partial charge in [0, 0.05) is 15.7 Å². The van der Waals surface area contributed by atoms with E-state index in [1.807, 2.05) is 24.3 Å². The third-order valence-corrected chi connectivity index (χ3v) is 7.55. The lowest BCUT2D eigenvalue weighted by atomic mass is 9.75. The number of carbonyl (C=O) groups is 2. The number of amides is 1. The normalized spacial score (nSPS) is 21.8. The molecule has 0 bridgehead atoms. The number of hydrogen-bond acceptors (Lipinski definition) is 3. The van der Waals surface area contributed by atoms with E-state index in [2.05, 4.69) is 19.2 Å². The molecule has 1 aromatic rings. The summed E-state index contributed by atoms with van der Waals surface area (Å²) < 4.78 is 0. The minimum Gasteiger partial charge on any atom is -0.325 e. The molecule has 2 aliphatic carbocycles. The molecule has 0 atom stereocenters. The molecule has 0 spiro atoms. The summed E-state index contributed by atoms with van der Waals surface area (Å²) in [7, 11) is 0. The molecular formula is C22H31NO2S. The fourth-order valence-electron chi connectivity index (χ4n) is 4.25. The van der Waals surface area contributed by atoms with Crippen LogP contribution in [0.15, 0.2) is 29.2 Å². The van der Waals surface area contributed by atoms with Crippen LogP contribution in [0.5, 0.6) is 0 Å². The number of rotatable bonds is 4. The average molecular weight is 374 g/mol. The van der Waals surface area contributed by atoms with Gasteiger partial charge in [0.2, 0.25) is 5.91 Å². The molecule has 0 aliphatic heterocycles. The third-order valence-electron chi connectivity index (χ3n) is 6.29. The van der Waals surface area contributed by atoms with Gasteiger partial charge in [-0.05, 0) is 49.6 Å². The molecule has 1 amide bonds. The van der Waals surface area contributed by atoms with E-state index in [9.17, 15) is 9.59 Å². The monoisotopic (exact) mass is 373 g/mol. The molecule has 1 aromatic carbocycles. The van der Waals surface area contributed by atoms with Crippen LogP contribution in [0.25, 0.3) is 0 Å². The Hall–Kier alpha value is -1.29. The van der Waals surface area contributed by atoms with Crippen LogP contribution in [0.4, 0.5) is 5.69 Å². The van der Waals surface area contributed by atoms with Gasteiger partial charge in [-0.3, -0.25) is 9.59 Å². The first kappa shape index (κ1) is 19.5. The molecule has 0 unspecified atom stereocenters. The molecular weight excluding hydrogens is 342 g/mol. The Morgan fingerprint density at radius 1 is 0.846 bits per heavy atom. The van der Waals surface area contributed by atoms with Crippen molar-refractivity contribution in [1.29, 1.82) is 0 Å². The standard InChI is InChI=1S/C22H31NO2S/c1-21(13-7-3-8-14-21)19(24)23-17-11-5-6-12-18(17)26-20(25)22(2)15-9-4-10-16-22/h5-6,11-12H,3-4,7-10,13-16H2,1-2H3,(H,23,24). The maximum atomic E-state index is 12.9. The Kier molecular flexibility index (Phi) is 6.11. The minimum absolute atomic E-state index is 0.0987. The average Bonchev–Trinajstić information content (AvgIpc) is 2.64. The molecule has 142 valence electrons. The molecule has 2 saturated carbocycles. The van der Waals surface area contributed by atoms with E-state index in [4.69, 9.17) is 0 Å². The molecule has 1 N–H and O–H groups in total. The molecule has 0 heterocycles. The second-order valence-electron chi connectivity index (χ2n) is 8.58. The highest BCUT2D eigenvalue weighted by atomic mass is 32.2. The highest BCUT2D eigenvalue weighted by Crippen LogP contribution is 2.43. The van der Waals surface area contributed by atoms with Crippen molar-refractivity contribution in [1.82, 2.24) is 0 Å². The number of carbonyl (C=O) groups excluding carboxylic acids is 2. The lowest BCUT2D eigenvalue weighted by Gasteiger charge is -2.33. The van der Waals surface area contributed by atoms with Gasteiger partial charge < -0.3 is 5.32 Å². The highest BCUT2D eigenvalue weighted by Gasteiger charge is 2.37. The first-order valence-corrected chi connectivity index (χ1v) is 10.9. The third kappa shape index (κ3) is 4.33. The summed E-state index contributed by atoms with van der Waals surface area (Å²) in [6.45, 7) is 4.18. The Balaban J connectivity index is 1.72. The highest BCUT2D eigenvalue weighted by molar-refractivity contribution is 8.13. The van der Waals surface area contributed by atoms with E-state index in [1.165, 1.54) is 24.6 Å². The number of nitrogens with one attached hydrogen (secondary N) is 1. The second-order valence-corrected chi connectivity index (χ2v) is 9.60. The summed E-state index contributed by atoms with van der Waals surface area (Å²) in [5, 5.41) is 3.37. The summed E-state index contributed by atoms with van der Waals surface area (Å²) in [5.74, 6) is 0.0987. The predicted molar refractivity (Wildman–Crippen MR) is 108 cm³/mol. The number of hydrogen-bond donors (Lipinski definition) is 1. The van der Waals surface area contributed by atoms with Crippen molar-refractivity contribution < 1.29 is 9.59 Å². The first-order chi connectivity index (χ1) is 12.4. The van der Waals surface area contributed by atoms with Crippen LogP contribution in [0.3, 0.4) is 0 Å². The van der Waals surface area contributed by atoms with Crippen LogP contribution in [-0.4, -0.2) is 11.0 Å². The maximum absolute atomic E-state index is 12.9. The lowest BCUT2D eigenvalue weighted by molar-refractivity contribution is -0.126. The topological polar surface area (TPSA) is 46.2 Å². The van der Waals surface area contributed by atoms with E-state index in [0.29, 0.717) is 0 Å². The lowest BCUT2D eigenvalue weighted by Crippen LogP contribution is -2.35. The van der Waals surface area contributed by atoms with E-state index in [1.54, 1.807) is 0 Å². The first-order valence-electron chi connectivity index (χ1n) is 10.1. The predicted octanol–water partition coefficient (Wildman–Crippen LogP) is 6.18. The molecule has 0 saturated heterocycles. The number of anilines is 1. The Bertz CT molecular complexity index is 601. The van der Waals surface area contributed by atoms with Gasteiger partial charge in [0.15, 0.2) is 5.12 Å². The zero-order chi connectivity index (χ0) is 18.6. The van der Waals surface area contributed by atoms with Crippen molar-refractivity contribution >= 4 is 28.5 Å². The molecule has 2 fully saturated rings. The van der Waals surface area contributed by atoms with Crippen molar-refractivity contribution in [2.45, 2.75) is 83.0 Å². The SMILES string of the molecule is CC1(C(=O)Nc2ccccc2SC(=O)C2(C)CCCCC2)CCCCC1. The van der Waals surface area contributed by atoms with Crippen LogP contribution < -0.4 is 5.32 Å². The van der Waals surface area contributed by atoms with Crippen LogP contribution in [0, 0.1) is 10.8 Å². The van der Waals surface area contributed by atoms with Crippen molar-refractivity contribution in [3.05, 3.63) is 24.3 Å². The molecule has 4 heteroatoms. The van der Waals surface area contributed by atoms with Crippen molar-refractivity contribution in [2.24, 2.45) is 10.8 Å². The number of thioether (sulfide) groups is 1. The van der Waals surface area contributed by atoms with Gasteiger partial charge in [-0.25, -0.2) is 0 Å². The fraction of sp³-hybridized carbons (Fsp3) is 0.636. The van der Waals surface area contributed by atoms with Gasteiger partial charge in [0.05, 0.1) is 5.69 Å². The van der Waals surface area contributed by atoms with Crippen molar-refractivity contribution in [2.75, 3.05) is 5.32 Å². The van der Waals surface area contributed by atoms with Crippen LogP contribution in [0.2, 0.25) is 0 Å². The largest absolute Gasteiger partial charge is 0.325 e. The van der Waals surface area contributed by atoms with E-state index in [0.717, 1.165) is 61.9 Å². The van der Waals surface area contributed by atoms with Crippen molar-refractivity contribution in [3.8, 4) is 0 Å². The Morgan fingerprint density at radius 2 is 1.38 bits per heavy atom. The van der Waals surface area contributed by atoms with Crippen LogP contribution in [0.1, 0.15) is 78.1 Å². The van der Waals surface area contributed by atoms with E-state index >= 15 is 0 Å². The zero-order valence-corrected chi connectivity index (χ0v) is 16.9. The van der Waals surface area contributed by atoms with Crippen molar-refractivity contribution in [3.63, 3.8) is 0 Å². The Labute approximate surface area is 161 Å². The molecule has 26 heavy (non-hydrogen) atoms. The van der Waals surface area contributed by atoms with Gasteiger partial charge in [-0.15, -0.1) is 0 Å². The van der Waals surface area contributed by atoms with Gasteiger partial charge in [-0.2, -0.15) is 0 Å². The number of benzene rings is 1. The van der Waals surface area contributed by atoms with Crippen LogP contribution >= 0.6 is 11.8 Å². The smallest absolute Gasteiger partial charge is 0.230 e. The minimum atomic E-state index is -0.282. The summed E-state index contributed by atoms with van der Waals surface area (Å²) in [5.41, 5.74) is 0.271. The molecule has 0 radical (unpaired) electrons. The van der Waals surface area contributed by atoms with E-state index < -0.39 is 0 Å². The quantitative estimate of drug-likeness (QED) is 0.641. The summed E-state index contributed by atoms with van der Waals surface area (Å²) in [6, 6.07) is 7.74. The van der Waals surface area contributed by atoms with Gasteiger partial charge >= 0.3 is 0 Å². The molecule has 2 aliphatic rings. The van der Waals surface area contributed by atoms with Gasteiger partial charge in [0.25, 0.3) is 0 Å². The second kappa shape index (κ2) is 8.16. The Morgan fingerprint density at radius 3 is 2.00 bits per heavy atom. The number of para-hydroxylation sites is 1. The summed E-state index contributed by atoms with van der Waals surface area (Å²) in [4.78, 5) is 26.7.